The van der Waals surface area contributed by atoms with Crippen molar-refractivity contribution in [3.8, 4) is 0 Å². The zero-order valence-electron chi connectivity index (χ0n) is 22.2. The second kappa shape index (κ2) is 12.2. The predicted octanol–water partition coefficient (Wildman–Crippen LogP) is 3.60. The van der Waals surface area contributed by atoms with Crippen LogP contribution in [-0.4, -0.2) is 62.6 Å². The number of aryl methyl sites for hydroxylation is 1. The van der Waals surface area contributed by atoms with Crippen molar-refractivity contribution < 1.29 is 19.5 Å². The van der Waals surface area contributed by atoms with Crippen molar-refractivity contribution in [3.63, 3.8) is 0 Å². The highest BCUT2D eigenvalue weighted by atomic mass is 32.2. The molecule has 38 heavy (non-hydrogen) atoms. The van der Waals surface area contributed by atoms with Crippen molar-refractivity contribution in [2.24, 2.45) is 0 Å². The lowest BCUT2D eigenvalue weighted by Crippen LogP contribution is -2.59. The van der Waals surface area contributed by atoms with E-state index in [1.165, 1.54) is 16.7 Å². The molecule has 4 rings (SSSR count). The third-order valence-electron chi connectivity index (χ3n) is 7.30. The number of nitrogens with zero attached hydrogens (tertiary/aromatic N) is 1. The van der Waals surface area contributed by atoms with Gasteiger partial charge in [-0.1, -0.05) is 60.7 Å². The van der Waals surface area contributed by atoms with E-state index in [2.05, 4.69) is 16.7 Å². The van der Waals surface area contributed by atoms with Crippen LogP contribution in [0.25, 0.3) is 0 Å². The summed E-state index contributed by atoms with van der Waals surface area (Å²) < 4.78 is -0.531. The summed E-state index contributed by atoms with van der Waals surface area (Å²) in [5.41, 5.74) is 2.17. The Kier molecular flexibility index (Phi) is 8.95. The number of allylic oxidation sites excluding steroid dienone is 1. The van der Waals surface area contributed by atoms with Crippen LogP contribution in [0.15, 0.2) is 66.7 Å². The minimum atomic E-state index is -1.53. The fraction of sp³-hybridized carbons (Fsp3) is 0.433. The van der Waals surface area contributed by atoms with Crippen molar-refractivity contribution in [2.75, 3.05) is 5.88 Å². The van der Waals surface area contributed by atoms with Crippen molar-refractivity contribution in [3.05, 3.63) is 83.4 Å². The van der Waals surface area contributed by atoms with Gasteiger partial charge in [0.2, 0.25) is 5.91 Å². The van der Waals surface area contributed by atoms with Crippen LogP contribution in [0.4, 0.5) is 0 Å². The summed E-state index contributed by atoms with van der Waals surface area (Å²) in [6.45, 7) is 5.73. The van der Waals surface area contributed by atoms with Crippen LogP contribution in [0.1, 0.15) is 54.6 Å². The number of aliphatic hydroxyl groups is 1. The number of hydrogen-bond acceptors (Lipinski definition) is 5. The molecule has 202 valence electrons. The van der Waals surface area contributed by atoms with Crippen molar-refractivity contribution in [1.29, 1.82) is 0 Å². The minimum absolute atomic E-state index is 0.0567. The molecule has 1 aliphatic heterocycles. The quantitative estimate of drug-likeness (QED) is 0.449. The van der Waals surface area contributed by atoms with Gasteiger partial charge in [0, 0.05) is 16.4 Å². The topological polar surface area (TPSA) is 98.7 Å². The van der Waals surface area contributed by atoms with E-state index >= 15 is 0 Å². The fourth-order valence-corrected chi connectivity index (χ4v) is 6.27. The molecule has 1 heterocycles. The molecular weight excluding hydrogens is 498 g/mol. The third kappa shape index (κ3) is 6.48. The maximum atomic E-state index is 13.8. The summed E-state index contributed by atoms with van der Waals surface area (Å²) in [6, 6.07) is 15.0. The first-order valence-electron chi connectivity index (χ1n) is 13.2. The molecule has 2 aliphatic rings. The molecule has 4 unspecified atom stereocenters. The Morgan fingerprint density at radius 1 is 1.11 bits per heavy atom. The average Bonchev–Trinajstić information content (AvgIpc) is 3.23. The van der Waals surface area contributed by atoms with Gasteiger partial charge < -0.3 is 20.6 Å². The number of thioether (sulfide) groups is 1. The molecule has 0 radical (unpaired) electrons. The Bertz CT molecular complexity index is 1180. The van der Waals surface area contributed by atoms with E-state index in [-0.39, 0.29) is 30.2 Å². The van der Waals surface area contributed by atoms with Gasteiger partial charge in [0.25, 0.3) is 11.8 Å². The molecule has 2 aromatic carbocycles. The molecular formula is C30H37N3O4S. The van der Waals surface area contributed by atoms with Crippen molar-refractivity contribution in [2.45, 2.75) is 75.4 Å². The highest BCUT2D eigenvalue weighted by molar-refractivity contribution is 8.00. The van der Waals surface area contributed by atoms with E-state index in [1.54, 1.807) is 12.1 Å². The number of nitrogens with one attached hydrogen (secondary N) is 2. The van der Waals surface area contributed by atoms with Gasteiger partial charge in [-0.15, -0.1) is 11.8 Å². The van der Waals surface area contributed by atoms with Crippen LogP contribution in [0.5, 0.6) is 0 Å². The lowest BCUT2D eigenvalue weighted by Gasteiger charge is -2.34. The van der Waals surface area contributed by atoms with Crippen molar-refractivity contribution in [1.82, 2.24) is 15.5 Å². The van der Waals surface area contributed by atoms with E-state index in [1.807, 2.05) is 69.3 Å². The first-order valence-corrected chi connectivity index (χ1v) is 14.2. The van der Waals surface area contributed by atoms with E-state index < -0.39 is 28.8 Å². The summed E-state index contributed by atoms with van der Waals surface area (Å²) in [5, 5.41) is 17.4. The maximum absolute atomic E-state index is 13.8. The summed E-state index contributed by atoms with van der Waals surface area (Å²) in [5.74, 6) is -0.856. The molecule has 0 spiro atoms. The lowest BCUT2D eigenvalue weighted by atomic mass is 9.96. The van der Waals surface area contributed by atoms with Gasteiger partial charge in [0.1, 0.15) is 6.04 Å². The molecule has 1 saturated heterocycles. The SMILES string of the molecule is Cc1ccccc1C(=O)NC(Cc1ccccc1)C(O)C(=O)N1CSC(C)(C)C1C(=O)NC1C=CCCC1. The maximum Gasteiger partial charge on any atom is 0.254 e. The van der Waals surface area contributed by atoms with Gasteiger partial charge in [-0.2, -0.15) is 0 Å². The van der Waals surface area contributed by atoms with Gasteiger partial charge in [0.15, 0.2) is 6.10 Å². The molecule has 0 aromatic heterocycles. The number of aliphatic hydroxyl groups excluding tert-OH is 1. The number of carbonyl (C=O) groups is 3. The zero-order valence-corrected chi connectivity index (χ0v) is 23.0. The molecule has 8 heteroatoms. The number of rotatable bonds is 8. The van der Waals surface area contributed by atoms with E-state index in [9.17, 15) is 19.5 Å². The van der Waals surface area contributed by atoms with Gasteiger partial charge in [0.05, 0.1) is 11.9 Å². The number of hydrogen-bond donors (Lipinski definition) is 3. The van der Waals surface area contributed by atoms with Gasteiger partial charge >= 0.3 is 0 Å². The Morgan fingerprint density at radius 2 is 1.82 bits per heavy atom. The molecule has 2 aromatic rings. The number of amides is 3. The average molecular weight is 536 g/mol. The first kappa shape index (κ1) is 27.9. The predicted molar refractivity (Wildman–Crippen MR) is 151 cm³/mol. The zero-order chi connectivity index (χ0) is 27.3. The molecule has 0 saturated carbocycles. The molecule has 4 atom stereocenters. The molecule has 7 nitrogen and oxygen atoms in total. The minimum Gasteiger partial charge on any atom is -0.381 e. The fourth-order valence-electron chi connectivity index (χ4n) is 5.13. The summed E-state index contributed by atoms with van der Waals surface area (Å²) in [6.07, 6.45) is 5.69. The third-order valence-corrected chi connectivity index (χ3v) is 8.67. The Labute approximate surface area is 229 Å². The van der Waals surface area contributed by atoms with Gasteiger partial charge in [-0.25, -0.2) is 0 Å². The number of benzene rings is 2. The van der Waals surface area contributed by atoms with Gasteiger partial charge in [-0.3, -0.25) is 14.4 Å². The van der Waals surface area contributed by atoms with E-state index in [0.29, 0.717) is 5.56 Å². The van der Waals surface area contributed by atoms with Crippen LogP contribution in [0.3, 0.4) is 0 Å². The molecule has 1 aliphatic carbocycles. The molecule has 3 N–H and O–H groups in total. The van der Waals surface area contributed by atoms with Crippen molar-refractivity contribution >= 4 is 29.5 Å². The Hall–Kier alpha value is -3.10. The monoisotopic (exact) mass is 535 g/mol. The molecule has 1 fully saturated rings. The second-order valence-corrected chi connectivity index (χ2v) is 12.2. The molecule has 0 bridgehead atoms. The second-order valence-electron chi connectivity index (χ2n) is 10.6. The standard InChI is InChI=1S/C30H37N3O4S/c1-20-12-10-11-17-23(20)27(35)32-24(18-21-13-6-4-7-14-21)25(34)29(37)33-19-38-30(2,3)26(33)28(36)31-22-15-8-5-9-16-22/h4,6-8,10-15,17,22,24-26,34H,5,9,16,18-19H2,1-3H3,(H,31,36)(H,32,35). The van der Waals surface area contributed by atoms with E-state index in [0.717, 1.165) is 30.4 Å². The van der Waals surface area contributed by atoms with E-state index in [4.69, 9.17) is 0 Å². The van der Waals surface area contributed by atoms with Crippen LogP contribution in [-0.2, 0) is 16.0 Å². The molecule has 3 amide bonds. The highest BCUT2D eigenvalue weighted by Gasteiger charge is 2.50. The largest absolute Gasteiger partial charge is 0.381 e. The Balaban J connectivity index is 1.56. The smallest absolute Gasteiger partial charge is 0.254 e. The summed E-state index contributed by atoms with van der Waals surface area (Å²) >= 11 is 1.51. The Morgan fingerprint density at radius 3 is 2.50 bits per heavy atom. The number of carbonyl (C=O) groups excluding carboxylic acids is 3. The normalized spacial score (nSPS) is 21.9. The first-order chi connectivity index (χ1) is 18.2. The highest BCUT2D eigenvalue weighted by Crippen LogP contribution is 2.40. The van der Waals surface area contributed by atoms with Crippen LogP contribution < -0.4 is 10.6 Å². The summed E-state index contributed by atoms with van der Waals surface area (Å²) in [4.78, 5) is 41.9. The summed E-state index contributed by atoms with van der Waals surface area (Å²) in [7, 11) is 0. The van der Waals surface area contributed by atoms with Gasteiger partial charge in [-0.05, 0) is 63.6 Å². The lowest BCUT2D eigenvalue weighted by molar-refractivity contribution is -0.147. The van der Waals surface area contributed by atoms with Crippen LogP contribution in [0, 0.1) is 6.92 Å². The van der Waals surface area contributed by atoms with Crippen LogP contribution >= 0.6 is 11.8 Å². The van der Waals surface area contributed by atoms with Crippen LogP contribution in [0.2, 0.25) is 0 Å².